The Labute approximate surface area is 223 Å². The molecule has 1 aliphatic heterocycles. The van der Waals surface area contributed by atoms with Crippen LogP contribution in [0.3, 0.4) is 0 Å². The summed E-state index contributed by atoms with van der Waals surface area (Å²) in [6.07, 6.45) is 6.75. The minimum Gasteiger partial charge on any atom is -0.493 e. The molecule has 0 bridgehead atoms. The highest BCUT2D eigenvalue weighted by molar-refractivity contribution is 6.31. The van der Waals surface area contributed by atoms with E-state index < -0.39 is 5.92 Å². The van der Waals surface area contributed by atoms with Crippen molar-refractivity contribution in [1.29, 1.82) is 0 Å². The van der Waals surface area contributed by atoms with Gasteiger partial charge >= 0.3 is 0 Å². The third-order valence-corrected chi connectivity index (χ3v) is 8.01. The predicted molar refractivity (Wildman–Crippen MR) is 145 cm³/mol. The van der Waals surface area contributed by atoms with Crippen LogP contribution in [0.2, 0.25) is 5.02 Å². The van der Waals surface area contributed by atoms with E-state index in [1.54, 1.807) is 7.11 Å². The van der Waals surface area contributed by atoms with Gasteiger partial charge in [0, 0.05) is 64.5 Å². The molecule has 0 radical (unpaired) electrons. The quantitative estimate of drug-likeness (QED) is 0.382. The fourth-order valence-corrected chi connectivity index (χ4v) is 6.11. The van der Waals surface area contributed by atoms with E-state index in [4.69, 9.17) is 21.1 Å². The van der Waals surface area contributed by atoms with E-state index in [1.165, 1.54) is 0 Å². The van der Waals surface area contributed by atoms with Gasteiger partial charge in [0.2, 0.25) is 0 Å². The molecule has 0 aromatic heterocycles. The molecular weight excluding hydrogens is 486 g/mol. The van der Waals surface area contributed by atoms with E-state index in [-0.39, 0.29) is 18.2 Å². The van der Waals surface area contributed by atoms with E-state index in [9.17, 15) is 9.59 Å². The minimum absolute atomic E-state index is 0.131. The van der Waals surface area contributed by atoms with E-state index in [2.05, 4.69) is 17.5 Å². The molecule has 0 saturated heterocycles. The fraction of sp³-hybridized carbons (Fsp3) is 0.355. The van der Waals surface area contributed by atoms with Crippen molar-refractivity contribution in [2.75, 3.05) is 14.2 Å². The standard InChI is InChI=1S/C31H32ClNO4/c1-4-9-19-16-21(17-27(36-3)31(19)37-18-20-10-5-6-11-22(20)32)28-29-23(12-7-14-25(29)34)33(2)24-13-8-15-26(35)30(24)28/h4-6,10-11,16-17,28H,1,7-9,12-15,18H2,2-3H3. The maximum absolute atomic E-state index is 13.4. The van der Waals surface area contributed by atoms with Gasteiger partial charge in [0.1, 0.15) is 6.61 Å². The molecule has 3 aliphatic rings. The SMILES string of the molecule is C=CCc1cc(C2C3=C(CCCC3=O)N(C)C3=C2C(=O)CCC3)cc(OC)c1OCc1ccccc1Cl. The summed E-state index contributed by atoms with van der Waals surface area (Å²) < 4.78 is 12.1. The zero-order valence-electron chi connectivity index (χ0n) is 21.4. The lowest BCUT2D eigenvalue weighted by molar-refractivity contribution is -0.117. The molecule has 192 valence electrons. The van der Waals surface area contributed by atoms with Crippen LogP contribution in [0.1, 0.15) is 61.1 Å². The van der Waals surface area contributed by atoms with Gasteiger partial charge in [-0.3, -0.25) is 9.59 Å². The van der Waals surface area contributed by atoms with Gasteiger partial charge in [0.15, 0.2) is 23.1 Å². The van der Waals surface area contributed by atoms with E-state index in [0.717, 1.165) is 64.9 Å². The van der Waals surface area contributed by atoms with Crippen LogP contribution < -0.4 is 9.47 Å². The van der Waals surface area contributed by atoms with Crippen molar-refractivity contribution in [3.63, 3.8) is 0 Å². The number of benzene rings is 2. The molecule has 37 heavy (non-hydrogen) atoms. The molecule has 0 amide bonds. The summed E-state index contributed by atoms with van der Waals surface area (Å²) in [6.45, 7) is 4.23. The van der Waals surface area contributed by atoms with Gasteiger partial charge in [-0.1, -0.05) is 41.9 Å². The van der Waals surface area contributed by atoms with Crippen molar-refractivity contribution < 1.29 is 19.1 Å². The number of nitrogens with zero attached hydrogens (tertiary/aromatic N) is 1. The zero-order valence-corrected chi connectivity index (χ0v) is 22.2. The number of carbonyl (C=O) groups excluding carboxylic acids is 2. The molecule has 2 aromatic rings. The molecule has 5 nitrogen and oxygen atoms in total. The summed E-state index contributed by atoms with van der Waals surface area (Å²) in [5, 5.41) is 0.639. The van der Waals surface area contributed by atoms with Gasteiger partial charge in [-0.25, -0.2) is 0 Å². The van der Waals surface area contributed by atoms with Crippen LogP contribution in [0.15, 0.2) is 71.6 Å². The molecule has 6 heteroatoms. The lowest BCUT2D eigenvalue weighted by Crippen LogP contribution is -2.37. The number of ketones is 2. The lowest BCUT2D eigenvalue weighted by atomic mass is 9.71. The Balaban J connectivity index is 1.64. The maximum atomic E-state index is 13.4. The molecule has 0 unspecified atom stereocenters. The van der Waals surface area contributed by atoms with Crippen molar-refractivity contribution in [3.05, 3.63) is 93.3 Å². The predicted octanol–water partition coefficient (Wildman–Crippen LogP) is 6.70. The first-order chi connectivity index (χ1) is 17.9. The first-order valence-corrected chi connectivity index (χ1v) is 13.3. The van der Waals surface area contributed by atoms with Crippen molar-refractivity contribution in [2.24, 2.45) is 0 Å². The van der Waals surface area contributed by atoms with Crippen molar-refractivity contribution >= 4 is 23.2 Å². The van der Waals surface area contributed by atoms with Gasteiger partial charge < -0.3 is 14.4 Å². The molecule has 0 spiro atoms. The Kier molecular flexibility index (Phi) is 7.25. The smallest absolute Gasteiger partial charge is 0.165 e. The number of methoxy groups -OCH3 is 1. The van der Waals surface area contributed by atoms with Gasteiger partial charge in [-0.05, 0) is 49.8 Å². The number of ether oxygens (including phenoxy) is 2. The van der Waals surface area contributed by atoms with E-state index in [1.807, 2.05) is 43.5 Å². The van der Waals surface area contributed by atoms with E-state index >= 15 is 0 Å². The van der Waals surface area contributed by atoms with Crippen LogP contribution in [0.25, 0.3) is 0 Å². The summed E-state index contributed by atoms with van der Waals surface area (Å²) >= 11 is 6.36. The molecule has 2 aliphatic carbocycles. The first-order valence-electron chi connectivity index (χ1n) is 12.9. The van der Waals surface area contributed by atoms with Crippen LogP contribution in [-0.4, -0.2) is 30.6 Å². The Hall–Kier alpha value is -3.31. The normalized spacial score (nSPS) is 18.1. The summed E-state index contributed by atoms with van der Waals surface area (Å²) in [6, 6.07) is 11.6. The van der Waals surface area contributed by atoms with Gasteiger partial charge in [-0.2, -0.15) is 0 Å². The van der Waals surface area contributed by atoms with Crippen LogP contribution in [0, 0.1) is 0 Å². The molecule has 0 fully saturated rings. The highest BCUT2D eigenvalue weighted by Crippen LogP contribution is 2.50. The molecule has 0 N–H and O–H groups in total. The number of hydrogen-bond donors (Lipinski definition) is 0. The number of halogens is 1. The number of rotatable bonds is 7. The topological polar surface area (TPSA) is 55.8 Å². The monoisotopic (exact) mass is 517 g/mol. The van der Waals surface area contributed by atoms with Crippen LogP contribution in [0.5, 0.6) is 11.5 Å². The lowest BCUT2D eigenvalue weighted by Gasteiger charge is -2.42. The molecular formula is C31H32ClNO4. The highest BCUT2D eigenvalue weighted by atomic mass is 35.5. The van der Waals surface area contributed by atoms with Crippen LogP contribution in [-0.2, 0) is 22.6 Å². The molecule has 5 rings (SSSR count). The van der Waals surface area contributed by atoms with Crippen molar-refractivity contribution in [2.45, 2.75) is 57.5 Å². The molecule has 0 saturated carbocycles. The van der Waals surface area contributed by atoms with Crippen molar-refractivity contribution in [3.8, 4) is 11.5 Å². The van der Waals surface area contributed by atoms with Gasteiger partial charge in [0.05, 0.1) is 7.11 Å². The fourth-order valence-electron chi connectivity index (χ4n) is 5.92. The Morgan fingerprint density at radius 1 is 1.00 bits per heavy atom. The Morgan fingerprint density at radius 3 is 2.24 bits per heavy atom. The second-order valence-corrected chi connectivity index (χ2v) is 10.3. The summed E-state index contributed by atoms with van der Waals surface area (Å²) in [7, 11) is 3.62. The second-order valence-electron chi connectivity index (χ2n) is 9.85. The largest absolute Gasteiger partial charge is 0.493 e. The third kappa shape index (κ3) is 4.61. The van der Waals surface area contributed by atoms with Crippen molar-refractivity contribution in [1.82, 2.24) is 4.90 Å². The van der Waals surface area contributed by atoms with Gasteiger partial charge in [0.25, 0.3) is 0 Å². The highest BCUT2D eigenvalue weighted by Gasteiger charge is 2.42. The number of hydrogen-bond acceptors (Lipinski definition) is 5. The Bertz CT molecular complexity index is 1290. The average molecular weight is 518 g/mol. The van der Waals surface area contributed by atoms with E-state index in [0.29, 0.717) is 35.8 Å². The number of allylic oxidation sites excluding steroid dienone is 5. The van der Waals surface area contributed by atoms with Crippen LogP contribution in [0.4, 0.5) is 0 Å². The molecule has 2 aromatic carbocycles. The zero-order chi connectivity index (χ0) is 26.1. The summed E-state index contributed by atoms with van der Waals surface area (Å²) in [4.78, 5) is 28.8. The number of carbonyl (C=O) groups is 2. The first kappa shape index (κ1) is 25.3. The second kappa shape index (κ2) is 10.6. The number of Topliss-reactive ketones (excluding diaryl/α,β-unsaturated/α-hetero) is 2. The van der Waals surface area contributed by atoms with Crippen LogP contribution >= 0.6 is 11.6 Å². The average Bonchev–Trinajstić information content (AvgIpc) is 2.90. The summed E-state index contributed by atoms with van der Waals surface area (Å²) in [5.74, 6) is 1.05. The summed E-state index contributed by atoms with van der Waals surface area (Å²) in [5.41, 5.74) is 6.29. The minimum atomic E-state index is -0.392. The molecule has 0 atom stereocenters. The maximum Gasteiger partial charge on any atom is 0.165 e. The Morgan fingerprint density at radius 2 is 1.65 bits per heavy atom. The third-order valence-electron chi connectivity index (χ3n) is 7.65. The van der Waals surface area contributed by atoms with Gasteiger partial charge in [-0.15, -0.1) is 6.58 Å². The molecule has 1 heterocycles.